The van der Waals surface area contributed by atoms with Gasteiger partial charge in [-0.15, -0.1) is 0 Å². The number of alkyl halides is 3. The molecule has 0 aliphatic heterocycles. The van der Waals surface area contributed by atoms with E-state index in [2.05, 4.69) is 0 Å². The topological polar surface area (TPSA) is 29.5 Å². The van der Waals surface area contributed by atoms with Crippen LogP contribution in [0.25, 0.3) is 0 Å². The largest absolute Gasteiger partial charge is 0.490 e. The summed E-state index contributed by atoms with van der Waals surface area (Å²) in [5, 5.41) is 8.88. The van der Waals surface area contributed by atoms with Gasteiger partial charge in [0, 0.05) is 0 Å². The lowest BCUT2D eigenvalue weighted by molar-refractivity contribution is -0.139. The third-order valence-electron chi connectivity index (χ3n) is 2.56. The lowest BCUT2D eigenvalue weighted by atomic mass is 10.1. The van der Waals surface area contributed by atoms with Crippen LogP contribution in [0.2, 0.25) is 0 Å². The molecule has 1 unspecified atom stereocenters. The van der Waals surface area contributed by atoms with Crippen molar-refractivity contribution in [1.29, 1.82) is 0 Å². The Morgan fingerprint density at radius 2 is 2.00 bits per heavy atom. The Bertz CT molecular complexity index is 388. The molecular formula is C13H17F3O2. The second-order valence-electron chi connectivity index (χ2n) is 4.20. The Balaban J connectivity index is 3.03. The fraction of sp³-hybridized carbons (Fsp3) is 0.538. The number of benzene rings is 1. The summed E-state index contributed by atoms with van der Waals surface area (Å²) in [6.45, 7) is 3.26. The minimum absolute atomic E-state index is 0.180. The summed E-state index contributed by atoms with van der Waals surface area (Å²) in [4.78, 5) is 0. The van der Waals surface area contributed by atoms with Gasteiger partial charge >= 0.3 is 6.18 Å². The number of hydrogen-bond donors (Lipinski definition) is 1. The summed E-state index contributed by atoms with van der Waals surface area (Å²) in [5.74, 6) is -0.180. The predicted molar refractivity (Wildman–Crippen MR) is 62.4 cm³/mol. The zero-order chi connectivity index (χ0) is 13.8. The first-order valence-electron chi connectivity index (χ1n) is 5.86. The van der Waals surface area contributed by atoms with E-state index in [0.29, 0.717) is 6.42 Å². The van der Waals surface area contributed by atoms with Crippen LogP contribution in [0, 0.1) is 0 Å². The smallest absolute Gasteiger partial charge is 0.419 e. The Kier molecular flexibility index (Phi) is 5.02. The molecule has 0 aliphatic rings. The average Bonchev–Trinajstić information content (AvgIpc) is 2.28. The zero-order valence-corrected chi connectivity index (χ0v) is 10.4. The molecule has 0 radical (unpaired) electrons. The maximum Gasteiger partial charge on any atom is 0.419 e. The molecule has 102 valence electrons. The van der Waals surface area contributed by atoms with Crippen molar-refractivity contribution in [2.45, 2.75) is 45.6 Å². The summed E-state index contributed by atoms with van der Waals surface area (Å²) in [5.41, 5.74) is -0.616. The summed E-state index contributed by atoms with van der Waals surface area (Å²) in [6.07, 6.45) is -3.21. The number of halogens is 3. The number of aliphatic hydroxyl groups excluding tert-OH is 1. The van der Waals surface area contributed by atoms with Gasteiger partial charge in [0.05, 0.1) is 18.3 Å². The molecule has 1 atom stereocenters. The number of hydrogen-bond acceptors (Lipinski definition) is 2. The van der Waals surface area contributed by atoms with Gasteiger partial charge in [0.2, 0.25) is 0 Å². The predicted octanol–water partition coefficient (Wildman–Crippen LogP) is 3.77. The lowest BCUT2D eigenvalue weighted by Gasteiger charge is -2.19. The Morgan fingerprint density at radius 3 is 2.50 bits per heavy atom. The SMILES string of the molecule is CCCC(C)Oc1ccc(CO)cc1C(F)(F)F. The van der Waals surface area contributed by atoms with Crippen LogP contribution in [0.1, 0.15) is 37.8 Å². The number of rotatable bonds is 5. The van der Waals surface area contributed by atoms with Crippen molar-refractivity contribution >= 4 is 0 Å². The lowest BCUT2D eigenvalue weighted by Crippen LogP contribution is -2.15. The third-order valence-corrected chi connectivity index (χ3v) is 2.56. The number of aliphatic hydroxyl groups is 1. The van der Waals surface area contributed by atoms with E-state index in [1.54, 1.807) is 6.92 Å². The standard InChI is InChI=1S/C13H17F3O2/c1-3-4-9(2)18-12-6-5-10(8-17)7-11(12)13(14,15)16/h5-7,9,17H,3-4,8H2,1-2H3. The first-order valence-corrected chi connectivity index (χ1v) is 5.86. The summed E-state index contributed by atoms with van der Waals surface area (Å²) >= 11 is 0. The first-order chi connectivity index (χ1) is 8.38. The van der Waals surface area contributed by atoms with Crippen LogP contribution in [0.5, 0.6) is 5.75 Å². The number of ether oxygens (including phenoxy) is 1. The van der Waals surface area contributed by atoms with Crippen molar-refractivity contribution in [3.05, 3.63) is 29.3 Å². The molecule has 1 aromatic rings. The molecule has 2 nitrogen and oxygen atoms in total. The Hall–Kier alpha value is -1.23. The van der Waals surface area contributed by atoms with Crippen molar-refractivity contribution in [2.24, 2.45) is 0 Å². The summed E-state index contributed by atoms with van der Waals surface area (Å²) < 4.78 is 43.8. The maximum atomic E-state index is 12.8. The average molecular weight is 262 g/mol. The van der Waals surface area contributed by atoms with Crippen LogP contribution in [0.3, 0.4) is 0 Å². The molecule has 18 heavy (non-hydrogen) atoms. The van der Waals surface area contributed by atoms with Crippen LogP contribution in [0.15, 0.2) is 18.2 Å². The van der Waals surface area contributed by atoms with E-state index in [1.165, 1.54) is 12.1 Å². The second kappa shape index (κ2) is 6.09. The van der Waals surface area contributed by atoms with Crippen LogP contribution in [-0.4, -0.2) is 11.2 Å². The summed E-state index contributed by atoms with van der Waals surface area (Å²) in [7, 11) is 0. The molecule has 0 fully saturated rings. The van der Waals surface area contributed by atoms with E-state index in [-0.39, 0.29) is 17.4 Å². The molecule has 1 N–H and O–H groups in total. The van der Waals surface area contributed by atoms with Gasteiger partial charge in [-0.25, -0.2) is 0 Å². The highest BCUT2D eigenvalue weighted by molar-refractivity contribution is 5.39. The molecule has 5 heteroatoms. The van der Waals surface area contributed by atoms with Gasteiger partial charge in [-0.3, -0.25) is 0 Å². The van der Waals surface area contributed by atoms with Crippen molar-refractivity contribution in [1.82, 2.24) is 0 Å². The van der Waals surface area contributed by atoms with Gasteiger partial charge in [0.1, 0.15) is 5.75 Å². The van der Waals surface area contributed by atoms with Gasteiger partial charge in [-0.2, -0.15) is 13.2 Å². The maximum absolute atomic E-state index is 12.8. The molecule has 0 saturated carbocycles. The fourth-order valence-electron chi connectivity index (χ4n) is 1.68. The van der Waals surface area contributed by atoms with E-state index in [1.807, 2.05) is 6.92 Å². The van der Waals surface area contributed by atoms with E-state index in [4.69, 9.17) is 9.84 Å². The van der Waals surface area contributed by atoms with Gasteiger partial charge < -0.3 is 9.84 Å². The van der Waals surface area contributed by atoms with E-state index < -0.39 is 18.3 Å². The molecule has 0 spiro atoms. The normalized spacial score (nSPS) is 13.4. The van der Waals surface area contributed by atoms with Crippen LogP contribution in [0.4, 0.5) is 13.2 Å². The quantitative estimate of drug-likeness (QED) is 0.875. The van der Waals surface area contributed by atoms with Gasteiger partial charge in [0.15, 0.2) is 0 Å². The molecule has 0 aliphatic carbocycles. The molecule has 0 heterocycles. The molecular weight excluding hydrogens is 245 g/mol. The first kappa shape index (κ1) is 14.8. The highest BCUT2D eigenvalue weighted by atomic mass is 19.4. The highest BCUT2D eigenvalue weighted by Gasteiger charge is 2.35. The van der Waals surface area contributed by atoms with Crippen molar-refractivity contribution in [2.75, 3.05) is 0 Å². The van der Waals surface area contributed by atoms with Gasteiger partial charge in [-0.1, -0.05) is 19.4 Å². The third kappa shape index (κ3) is 3.91. The highest BCUT2D eigenvalue weighted by Crippen LogP contribution is 2.37. The Morgan fingerprint density at radius 1 is 1.33 bits per heavy atom. The molecule has 0 aromatic heterocycles. The van der Waals surface area contributed by atoms with Crippen LogP contribution >= 0.6 is 0 Å². The minimum atomic E-state index is -4.48. The van der Waals surface area contributed by atoms with E-state index >= 15 is 0 Å². The summed E-state index contributed by atoms with van der Waals surface area (Å²) in [6, 6.07) is 3.62. The minimum Gasteiger partial charge on any atom is -0.490 e. The van der Waals surface area contributed by atoms with Crippen LogP contribution in [-0.2, 0) is 12.8 Å². The fourth-order valence-corrected chi connectivity index (χ4v) is 1.68. The molecule has 0 bridgehead atoms. The van der Waals surface area contributed by atoms with Crippen molar-refractivity contribution in [3.63, 3.8) is 0 Å². The van der Waals surface area contributed by atoms with Gasteiger partial charge in [0.25, 0.3) is 0 Å². The van der Waals surface area contributed by atoms with Crippen molar-refractivity contribution < 1.29 is 23.0 Å². The van der Waals surface area contributed by atoms with Crippen LogP contribution < -0.4 is 4.74 Å². The molecule has 0 amide bonds. The Labute approximate surface area is 104 Å². The van der Waals surface area contributed by atoms with Gasteiger partial charge in [-0.05, 0) is 31.0 Å². The molecule has 1 aromatic carbocycles. The molecule has 1 rings (SSSR count). The van der Waals surface area contributed by atoms with E-state index in [0.717, 1.165) is 12.5 Å². The molecule has 0 saturated heterocycles. The second-order valence-corrected chi connectivity index (χ2v) is 4.20. The zero-order valence-electron chi connectivity index (χ0n) is 10.4. The monoisotopic (exact) mass is 262 g/mol. The van der Waals surface area contributed by atoms with Crippen molar-refractivity contribution in [3.8, 4) is 5.75 Å². The van der Waals surface area contributed by atoms with E-state index in [9.17, 15) is 13.2 Å².